The molecule has 0 aromatic carbocycles. The average Bonchev–Trinajstić information content (AvgIpc) is 2.80. The lowest BCUT2D eigenvalue weighted by molar-refractivity contribution is 0.635. The molecule has 5 nitrogen and oxygen atoms in total. The minimum Gasteiger partial charge on any atom is -0.330 e. The monoisotopic (exact) mass is 245 g/mol. The molecule has 2 N–H and O–H groups in total. The molecule has 0 aliphatic heterocycles. The van der Waals surface area contributed by atoms with Crippen molar-refractivity contribution in [2.45, 2.75) is 32.7 Å². The fourth-order valence-electron chi connectivity index (χ4n) is 1.82. The maximum atomic E-state index is 5.47. The molecule has 0 atom stereocenters. The van der Waals surface area contributed by atoms with E-state index in [0.29, 0.717) is 6.54 Å². The molecule has 0 fully saturated rings. The van der Waals surface area contributed by atoms with Gasteiger partial charge in [-0.25, -0.2) is 4.68 Å². The molecule has 5 heteroatoms. The van der Waals surface area contributed by atoms with Gasteiger partial charge in [0.05, 0.1) is 17.9 Å². The number of hydrogen-bond donors (Lipinski definition) is 1. The summed E-state index contributed by atoms with van der Waals surface area (Å²) in [7, 11) is 0. The Kier molecular flexibility index (Phi) is 4.41. The van der Waals surface area contributed by atoms with Gasteiger partial charge in [0.15, 0.2) is 0 Å². The number of nitrogens with zero attached hydrogens (tertiary/aromatic N) is 4. The Morgan fingerprint density at radius 3 is 3.00 bits per heavy atom. The summed E-state index contributed by atoms with van der Waals surface area (Å²) in [5.41, 5.74) is 8.71. The highest BCUT2D eigenvalue weighted by Crippen LogP contribution is 2.06. The van der Waals surface area contributed by atoms with E-state index in [9.17, 15) is 0 Å². The number of unbranched alkanes of at least 4 members (excludes halogenated alkanes) is 1. The third kappa shape index (κ3) is 3.37. The van der Waals surface area contributed by atoms with Crippen LogP contribution in [0.1, 0.15) is 29.8 Å². The van der Waals surface area contributed by atoms with Crippen LogP contribution in [0.4, 0.5) is 0 Å². The van der Waals surface area contributed by atoms with E-state index in [-0.39, 0.29) is 0 Å². The van der Waals surface area contributed by atoms with Crippen LogP contribution in [0.5, 0.6) is 0 Å². The van der Waals surface area contributed by atoms with Gasteiger partial charge in [0.2, 0.25) is 0 Å². The van der Waals surface area contributed by atoms with Gasteiger partial charge in [-0.15, -0.1) is 5.10 Å². The molecule has 2 rings (SSSR count). The first kappa shape index (κ1) is 12.7. The zero-order chi connectivity index (χ0) is 12.8. The van der Waals surface area contributed by atoms with Gasteiger partial charge in [0.1, 0.15) is 0 Å². The van der Waals surface area contributed by atoms with Crippen molar-refractivity contribution in [1.29, 1.82) is 0 Å². The lowest BCUT2D eigenvalue weighted by Gasteiger charge is -2.02. The molecule has 0 aliphatic carbocycles. The van der Waals surface area contributed by atoms with Crippen LogP contribution >= 0.6 is 0 Å². The third-order valence-electron chi connectivity index (χ3n) is 2.90. The van der Waals surface area contributed by atoms with Crippen molar-refractivity contribution in [2.75, 3.05) is 6.54 Å². The predicted octanol–water partition coefficient (Wildman–Crippen LogP) is 1.31. The number of aryl methyl sites for hydroxylation is 2. The van der Waals surface area contributed by atoms with Gasteiger partial charge < -0.3 is 5.73 Å². The number of nitrogens with two attached hydrogens (primary N) is 1. The van der Waals surface area contributed by atoms with Crippen molar-refractivity contribution < 1.29 is 0 Å². The summed E-state index contributed by atoms with van der Waals surface area (Å²) in [5.74, 6) is 0. The summed E-state index contributed by atoms with van der Waals surface area (Å²) in [4.78, 5) is 4.35. The summed E-state index contributed by atoms with van der Waals surface area (Å²) in [6.45, 7) is 3.47. The Bertz CT molecular complexity index is 492. The molecular formula is C13H19N5. The SMILES string of the molecule is Cc1cccnc1Cn1cc(CCCCN)nn1. The van der Waals surface area contributed by atoms with E-state index >= 15 is 0 Å². The van der Waals surface area contributed by atoms with E-state index in [1.807, 2.05) is 16.9 Å². The summed E-state index contributed by atoms with van der Waals surface area (Å²) < 4.78 is 1.84. The number of pyridine rings is 1. The van der Waals surface area contributed by atoms with Gasteiger partial charge in [-0.05, 0) is 44.4 Å². The molecule has 18 heavy (non-hydrogen) atoms. The first-order chi connectivity index (χ1) is 8.79. The molecule has 0 unspecified atom stereocenters. The fraction of sp³-hybridized carbons (Fsp3) is 0.462. The molecular weight excluding hydrogens is 226 g/mol. The highest BCUT2D eigenvalue weighted by molar-refractivity contribution is 5.17. The van der Waals surface area contributed by atoms with E-state index in [2.05, 4.69) is 28.3 Å². The molecule has 0 saturated heterocycles. The molecule has 2 aromatic rings. The second-order valence-corrected chi connectivity index (χ2v) is 4.42. The van der Waals surface area contributed by atoms with Gasteiger partial charge >= 0.3 is 0 Å². The molecule has 0 amide bonds. The van der Waals surface area contributed by atoms with Crippen molar-refractivity contribution in [2.24, 2.45) is 5.73 Å². The minimum atomic E-state index is 0.677. The van der Waals surface area contributed by atoms with E-state index in [1.54, 1.807) is 6.20 Å². The topological polar surface area (TPSA) is 69.6 Å². The fourth-order valence-corrected chi connectivity index (χ4v) is 1.82. The Labute approximate surface area is 107 Å². The maximum absolute atomic E-state index is 5.47. The molecule has 0 aliphatic rings. The van der Waals surface area contributed by atoms with Crippen LogP contribution in [0.15, 0.2) is 24.5 Å². The second-order valence-electron chi connectivity index (χ2n) is 4.42. The normalized spacial score (nSPS) is 10.8. The van der Waals surface area contributed by atoms with Crippen LogP contribution in [0.25, 0.3) is 0 Å². The van der Waals surface area contributed by atoms with Crippen molar-refractivity contribution in [3.05, 3.63) is 41.5 Å². The van der Waals surface area contributed by atoms with Crippen LogP contribution in [0.2, 0.25) is 0 Å². The first-order valence-corrected chi connectivity index (χ1v) is 6.29. The molecule has 0 saturated carbocycles. The number of hydrogen-bond acceptors (Lipinski definition) is 4. The first-order valence-electron chi connectivity index (χ1n) is 6.29. The van der Waals surface area contributed by atoms with Crippen molar-refractivity contribution in [1.82, 2.24) is 20.0 Å². The molecule has 2 heterocycles. The van der Waals surface area contributed by atoms with Crippen LogP contribution in [0, 0.1) is 6.92 Å². The van der Waals surface area contributed by atoms with Crippen LogP contribution in [-0.2, 0) is 13.0 Å². The lowest BCUT2D eigenvalue weighted by Crippen LogP contribution is -2.04. The lowest BCUT2D eigenvalue weighted by atomic mass is 10.2. The van der Waals surface area contributed by atoms with Gasteiger partial charge in [-0.2, -0.15) is 0 Å². The van der Waals surface area contributed by atoms with Gasteiger partial charge in [-0.1, -0.05) is 11.3 Å². The predicted molar refractivity (Wildman–Crippen MR) is 70.1 cm³/mol. The van der Waals surface area contributed by atoms with Crippen molar-refractivity contribution >= 4 is 0 Å². The third-order valence-corrected chi connectivity index (χ3v) is 2.90. The number of aromatic nitrogens is 4. The largest absolute Gasteiger partial charge is 0.330 e. The summed E-state index contributed by atoms with van der Waals surface area (Å²) in [6.07, 6.45) is 6.84. The summed E-state index contributed by atoms with van der Waals surface area (Å²) >= 11 is 0. The average molecular weight is 245 g/mol. The van der Waals surface area contributed by atoms with Gasteiger partial charge in [0, 0.05) is 12.4 Å². The zero-order valence-electron chi connectivity index (χ0n) is 10.7. The smallest absolute Gasteiger partial charge is 0.0851 e. The van der Waals surface area contributed by atoms with E-state index < -0.39 is 0 Å². The van der Waals surface area contributed by atoms with Crippen LogP contribution in [0.3, 0.4) is 0 Å². The minimum absolute atomic E-state index is 0.677. The Morgan fingerprint density at radius 1 is 1.33 bits per heavy atom. The Hall–Kier alpha value is -1.75. The van der Waals surface area contributed by atoms with E-state index in [1.165, 1.54) is 5.56 Å². The quantitative estimate of drug-likeness (QED) is 0.779. The highest BCUT2D eigenvalue weighted by atomic mass is 15.4. The van der Waals surface area contributed by atoms with Crippen molar-refractivity contribution in [3.8, 4) is 0 Å². The second kappa shape index (κ2) is 6.26. The van der Waals surface area contributed by atoms with Crippen LogP contribution < -0.4 is 5.73 Å². The van der Waals surface area contributed by atoms with Crippen LogP contribution in [-0.4, -0.2) is 26.5 Å². The highest BCUT2D eigenvalue weighted by Gasteiger charge is 2.04. The van der Waals surface area contributed by atoms with Gasteiger partial charge in [0.25, 0.3) is 0 Å². The van der Waals surface area contributed by atoms with E-state index in [4.69, 9.17) is 5.73 Å². The molecule has 2 aromatic heterocycles. The summed E-state index contributed by atoms with van der Waals surface area (Å²) in [5, 5.41) is 8.28. The van der Waals surface area contributed by atoms with Gasteiger partial charge in [-0.3, -0.25) is 4.98 Å². The summed E-state index contributed by atoms with van der Waals surface area (Å²) in [6, 6.07) is 4.00. The van der Waals surface area contributed by atoms with Crippen molar-refractivity contribution in [3.63, 3.8) is 0 Å². The zero-order valence-corrected chi connectivity index (χ0v) is 10.7. The molecule has 0 radical (unpaired) electrons. The Morgan fingerprint density at radius 2 is 2.22 bits per heavy atom. The maximum Gasteiger partial charge on any atom is 0.0851 e. The Balaban J connectivity index is 1.96. The molecule has 96 valence electrons. The molecule has 0 spiro atoms. The molecule has 0 bridgehead atoms. The van der Waals surface area contributed by atoms with E-state index in [0.717, 1.165) is 37.2 Å². The number of rotatable bonds is 6. The standard InChI is InChI=1S/C13H19N5/c1-11-5-4-8-15-13(11)10-18-9-12(16-17-18)6-2-3-7-14/h4-5,8-9H,2-3,6-7,10,14H2,1H3.